The minimum Gasteiger partial charge on any atom is -0.376 e. The third kappa shape index (κ3) is 1.95. The van der Waals surface area contributed by atoms with E-state index in [9.17, 15) is 13.2 Å². The largest absolute Gasteiger partial charge is 0.449 e. The fraction of sp³-hybridized carbons (Fsp3) is 0.769. The molecule has 2 unspecified atom stereocenters. The lowest BCUT2D eigenvalue weighted by Gasteiger charge is -2.34. The maximum absolute atomic E-state index is 13.3. The Bertz CT molecular complexity index is 526. The highest BCUT2D eigenvalue weighted by atomic mass is 19.4. The molecular formula is C13H18F3N3O. The number of halogens is 3. The van der Waals surface area contributed by atoms with Gasteiger partial charge >= 0.3 is 6.18 Å². The second-order valence-corrected chi connectivity index (χ2v) is 5.71. The molecule has 0 radical (unpaired) electrons. The molecule has 3 rings (SSSR count). The third-order valence-corrected chi connectivity index (χ3v) is 4.50. The van der Waals surface area contributed by atoms with Gasteiger partial charge < -0.3 is 14.6 Å². The summed E-state index contributed by atoms with van der Waals surface area (Å²) in [5.41, 5.74) is 0.544. The van der Waals surface area contributed by atoms with Crippen molar-refractivity contribution in [2.24, 2.45) is 0 Å². The van der Waals surface area contributed by atoms with Crippen LogP contribution >= 0.6 is 0 Å². The van der Waals surface area contributed by atoms with Crippen LogP contribution in [0.2, 0.25) is 0 Å². The molecule has 7 heteroatoms. The number of hydrogen-bond donors (Lipinski definition) is 1. The van der Waals surface area contributed by atoms with E-state index < -0.39 is 17.5 Å². The van der Waals surface area contributed by atoms with E-state index in [2.05, 4.69) is 10.3 Å². The van der Waals surface area contributed by atoms with Crippen LogP contribution in [0.15, 0.2) is 0 Å². The van der Waals surface area contributed by atoms with Gasteiger partial charge in [-0.2, -0.15) is 13.2 Å². The summed E-state index contributed by atoms with van der Waals surface area (Å²) in [6.07, 6.45) is -3.55. The van der Waals surface area contributed by atoms with Crippen LogP contribution in [-0.2, 0) is 29.4 Å². The van der Waals surface area contributed by atoms with E-state index >= 15 is 0 Å². The van der Waals surface area contributed by atoms with Gasteiger partial charge in [0.1, 0.15) is 0 Å². The zero-order valence-corrected chi connectivity index (χ0v) is 11.5. The fourth-order valence-electron chi connectivity index (χ4n) is 3.17. The van der Waals surface area contributed by atoms with E-state index in [1.807, 2.05) is 13.8 Å². The van der Waals surface area contributed by atoms with Crippen molar-refractivity contribution in [3.63, 3.8) is 0 Å². The van der Waals surface area contributed by atoms with Crippen LogP contribution in [0.5, 0.6) is 0 Å². The normalized spacial score (nSPS) is 30.6. The molecule has 0 saturated carbocycles. The molecule has 2 aliphatic heterocycles. The molecule has 0 amide bonds. The molecule has 2 atom stereocenters. The lowest BCUT2D eigenvalue weighted by Crippen LogP contribution is -2.41. The van der Waals surface area contributed by atoms with E-state index in [1.54, 1.807) is 0 Å². The van der Waals surface area contributed by atoms with Crippen molar-refractivity contribution in [2.45, 2.75) is 51.1 Å². The first kappa shape index (κ1) is 13.9. The molecule has 0 aromatic carbocycles. The Labute approximate surface area is 115 Å². The van der Waals surface area contributed by atoms with E-state index in [0.29, 0.717) is 43.9 Å². The Morgan fingerprint density at radius 3 is 2.80 bits per heavy atom. The molecule has 112 valence electrons. The van der Waals surface area contributed by atoms with E-state index in [0.717, 1.165) is 0 Å². The van der Waals surface area contributed by atoms with E-state index in [-0.39, 0.29) is 6.10 Å². The second kappa shape index (κ2) is 4.46. The molecule has 1 N–H and O–H groups in total. The Hall–Kier alpha value is -1.08. The monoisotopic (exact) mass is 289 g/mol. The number of rotatable bonds is 1. The van der Waals surface area contributed by atoms with Crippen LogP contribution in [0.4, 0.5) is 13.2 Å². The van der Waals surface area contributed by atoms with Gasteiger partial charge in [0.2, 0.25) is 5.82 Å². The highest BCUT2D eigenvalue weighted by Gasteiger charge is 2.48. The number of nitrogens with zero attached hydrogens (tertiary/aromatic N) is 2. The van der Waals surface area contributed by atoms with Crippen molar-refractivity contribution >= 4 is 0 Å². The molecule has 1 saturated heterocycles. The van der Waals surface area contributed by atoms with Gasteiger partial charge in [-0.05, 0) is 20.3 Å². The van der Waals surface area contributed by atoms with Gasteiger partial charge in [-0.1, -0.05) is 0 Å². The zero-order valence-electron chi connectivity index (χ0n) is 11.5. The average Bonchev–Trinajstić information content (AvgIpc) is 2.91. The van der Waals surface area contributed by atoms with Gasteiger partial charge in [-0.25, -0.2) is 4.98 Å². The van der Waals surface area contributed by atoms with Gasteiger partial charge in [0.15, 0.2) is 0 Å². The van der Waals surface area contributed by atoms with Crippen LogP contribution in [0.3, 0.4) is 0 Å². The predicted octanol–water partition coefficient (Wildman–Crippen LogP) is 2.07. The van der Waals surface area contributed by atoms with E-state index in [4.69, 9.17) is 4.74 Å². The predicted molar refractivity (Wildman–Crippen MR) is 66.3 cm³/mol. The Balaban J connectivity index is 2.19. The molecule has 0 bridgehead atoms. The summed E-state index contributed by atoms with van der Waals surface area (Å²) in [4.78, 5) is 3.87. The van der Waals surface area contributed by atoms with Gasteiger partial charge in [0, 0.05) is 31.8 Å². The number of hydrogen-bond acceptors (Lipinski definition) is 3. The molecule has 0 aliphatic carbocycles. The lowest BCUT2D eigenvalue weighted by atomic mass is 9.93. The molecule has 1 aromatic rings. The van der Waals surface area contributed by atoms with Crippen molar-refractivity contribution in [2.75, 3.05) is 13.2 Å². The number of fused-ring (bicyclic) bond motifs is 1. The van der Waals surface area contributed by atoms with Crippen LogP contribution < -0.4 is 5.32 Å². The minimum atomic E-state index is -4.44. The van der Waals surface area contributed by atoms with Crippen molar-refractivity contribution in [3.8, 4) is 0 Å². The molecular weight excluding hydrogens is 271 g/mol. The quantitative estimate of drug-likeness (QED) is 0.860. The lowest BCUT2D eigenvalue weighted by molar-refractivity contribution is -0.150. The smallest absolute Gasteiger partial charge is 0.376 e. The molecule has 20 heavy (non-hydrogen) atoms. The van der Waals surface area contributed by atoms with Crippen molar-refractivity contribution in [1.82, 2.24) is 14.9 Å². The standard InChI is InChI=1S/C13H18F3N3O/c1-8-12(2,4-6-20-8)19-10-3-5-17-7-9(10)18-11(19)13(14,15)16/h8,17H,3-7H2,1-2H3. The van der Waals surface area contributed by atoms with Gasteiger partial charge in [0.25, 0.3) is 0 Å². The first-order valence-electron chi connectivity index (χ1n) is 6.84. The summed E-state index contributed by atoms with van der Waals surface area (Å²) < 4.78 is 46.9. The molecule has 2 aliphatic rings. The van der Waals surface area contributed by atoms with E-state index in [1.165, 1.54) is 4.57 Å². The third-order valence-electron chi connectivity index (χ3n) is 4.50. The van der Waals surface area contributed by atoms with Crippen LogP contribution in [0.25, 0.3) is 0 Å². The van der Waals surface area contributed by atoms with Crippen LogP contribution in [0, 0.1) is 0 Å². The maximum atomic E-state index is 13.3. The summed E-state index contributed by atoms with van der Waals surface area (Å²) in [5, 5.41) is 3.07. The summed E-state index contributed by atoms with van der Waals surface area (Å²) in [6.45, 7) is 5.24. The Kier molecular flexibility index (Phi) is 3.10. The van der Waals surface area contributed by atoms with Gasteiger partial charge in [-0.15, -0.1) is 0 Å². The Morgan fingerprint density at radius 1 is 1.45 bits per heavy atom. The van der Waals surface area contributed by atoms with Crippen LogP contribution in [-0.4, -0.2) is 28.8 Å². The first-order chi connectivity index (χ1) is 9.34. The number of nitrogens with one attached hydrogen (secondary N) is 1. The zero-order chi connectivity index (χ0) is 14.5. The topological polar surface area (TPSA) is 39.1 Å². The summed E-state index contributed by atoms with van der Waals surface area (Å²) in [6, 6.07) is 0. The highest BCUT2D eigenvalue weighted by molar-refractivity contribution is 5.25. The van der Waals surface area contributed by atoms with Crippen LogP contribution in [0.1, 0.15) is 37.5 Å². The van der Waals surface area contributed by atoms with Crippen molar-refractivity contribution in [1.29, 1.82) is 0 Å². The molecule has 3 heterocycles. The van der Waals surface area contributed by atoms with Crippen molar-refractivity contribution < 1.29 is 17.9 Å². The summed E-state index contributed by atoms with van der Waals surface area (Å²) in [7, 11) is 0. The van der Waals surface area contributed by atoms with Gasteiger partial charge in [0.05, 0.1) is 17.3 Å². The number of aromatic nitrogens is 2. The molecule has 4 nitrogen and oxygen atoms in total. The van der Waals surface area contributed by atoms with Gasteiger partial charge in [-0.3, -0.25) is 0 Å². The Morgan fingerprint density at radius 2 is 2.20 bits per heavy atom. The maximum Gasteiger partial charge on any atom is 0.449 e. The molecule has 0 spiro atoms. The summed E-state index contributed by atoms with van der Waals surface area (Å²) >= 11 is 0. The first-order valence-corrected chi connectivity index (χ1v) is 6.84. The summed E-state index contributed by atoms with van der Waals surface area (Å²) in [5.74, 6) is -0.786. The number of imidazole rings is 1. The average molecular weight is 289 g/mol. The molecule has 1 aromatic heterocycles. The number of alkyl halides is 3. The SMILES string of the molecule is CC1OCCC1(C)n1c(C(F)(F)F)nc2c1CCNC2. The molecule has 1 fully saturated rings. The number of ether oxygens (including phenoxy) is 1. The highest BCUT2D eigenvalue weighted by Crippen LogP contribution is 2.41. The minimum absolute atomic E-state index is 0.253. The fourth-order valence-corrected chi connectivity index (χ4v) is 3.17. The van der Waals surface area contributed by atoms with Crippen molar-refractivity contribution in [3.05, 3.63) is 17.2 Å². The second-order valence-electron chi connectivity index (χ2n) is 5.71.